The third-order valence-electron chi connectivity index (χ3n) is 5.03. The third kappa shape index (κ3) is 1.51. The van der Waals surface area contributed by atoms with Crippen LogP contribution in [0.1, 0.15) is 49.1 Å². The summed E-state index contributed by atoms with van der Waals surface area (Å²) in [7, 11) is 0. The lowest BCUT2D eigenvalue weighted by Gasteiger charge is -2.40. The van der Waals surface area contributed by atoms with Gasteiger partial charge in [0, 0.05) is 29.6 Å². The summed E-state index contributed by atoms with van der Waals surface area (Å²) in [6, 6.07) is 8.94. The highest BCUT2D eigenvalue weighted by atomic mass is 15.2. The monoisotopic (exact) mass is 265 g/mol. The van der Waals surface area contributed by atoms with E-state index in [1.54, 1.807) is 0 Å². The van der Waals surface area contributed by atoms with Gasteiger partial charge < -0.3 is 9.88 Å². The minimum Gasteiger partial charge on any atom is -0.358 e. The summed E-state index contributed by atoms with van der Waals surface area (Å²) in [6.07, 6.45) is 3.43. The topological polar surface area (TPSA) is 42.8 Å². The summed E-state index contributed by atoms with van der Waals surface area (Å²) >= 11 is 0. The van der Waals surface area contributed by atoms with E-state index in [1.807, 2.05) is 0 Å². The minimum atomic E-state index is 0.0195. The maximum Gasteiger partial charge on any atom is 0.110 e. The Hall–Kier alpha value is -1.95. The fourth-order valence-electron chi connectivity index (χ4n) is 3.89. The van der Waals surface area contributed by atoms with E-state index >= 15 is 0 Å². The molecule has 0 amide bonds. The Kier molecular flexibility index (Phi) is 2.53. The number of nitrogens with zero attached hydrogens (tertiary/aromatic N) is 2. The molecule has 0 saturated carbocycles. The Morgan fingerprint density at radius 3 is 2.90 bits per heavy atom. The molecule has 1 aromatic carbocycles. The molecule has 5 rings (SSSR count). The Morgan fingerprint density at radius 1 is 1.40 bits per heavy atom. The van der Waals surface area contributed by atoms with Crippen LogP contribution in [-0.4, -0.2) is 18.1 Å². The van der Waals surface area contributed by atoms with Gasteiger partial charge in [0.25, 0.3) is 0 Å². The molecule has 4 heterocycles. The van der Waals surface area contributed by atoms with Crippen LogP contribution in [0.2, 0.25) is 0 Å². The van der Waals surface area contributed by atoms with Crippen molar-refractivity contribution in [2.24, 2.45) is 0 Å². The number of anilines is 1. The molecule has 102 valence electrons. The van der Waals surface area contributed by atoms with Crippen LogP contribution >= 0.6 is 0 Å². The van der Waals surface area contributed by atoms with E-state index in [9.17, 15) is 5.26 Å². The van der Waals surface area contributed by atoms with Crippen molar-refractivity contribution in [3.8, 4) is 6.07 Å². The van der Waals surface area contributed by atoms with Crippen molar-refractivity contribution in [2.75, 3.05) is 18.0 Å². The van der Waals surface area contributed by atoms with E-state index < -0.39 is 0 Å². The fourth-order valence-corrected chi connectivity index (χ4v) is 3.89. The standard InChI is InChI=1S/C17H19N3/c1-2-11(10-18)13-3-4-15-14(9-13)16-12-5-7-20(8-6-12)17(16)19-15/h3-4,9,11-12,19H,2,5-8H2,1H3. The number of aromatic amines is 1. The molecule has 1 fully saturated rings. The number of piperidine rings is 1. The maximum absolute atomic E-state index is 9.28. The van der Waals surface area contributed by atoms with Crippen LogP contribution in [0.5, 0.6) is 0 Å². The second-order valence-corrected chi connectivity index (χ2v) is 6.04. The van der Waals surface area contributed by atoms with Crippen molar-refractivity contribution in [1.29, 1.82) is 5.26 Å². The van der Waals surface area contributed by atoms with Gasteiger partial charge in [0.2, 0.25) is 0 Å². The zero-order chi connectivity index (χ0) is 13.7. The summed E-state index contributed by atoms with van der Waals surface area (Å²) in [6.45, 7) is 4.46. The molecule has 1 atom stereocenters. The Bertz CT molecular complexity index is 699. The highest BCUT2D eigenvalue weighted by Crippen LogP contribution is 2.46. The van der Waals surface area contributed by atoms with E-state index in [2.05, 4.69) is 41.1 Å². The second-order valence-electron chi connectivity index (χ2n) is 6.04. The van der Waals surface area contributed by atoms with Crippen molar-refractivity contribution >= 4 is 16.7 Å². The van der Waals surface area contributed by atoms with Crippen LogP contribution in [0.25, 0.3) is 10.9 Å². The molecular formula is C17H19N3. The zero-order valence-electron chi connectivity index (χ0n) is 11.8. The summed E-state index contributed by atoms with van der Waals surface area (Å²) in [5, 5.41) is 10.6. The number of fused-ring (bicyclic) bond motifs is 3. The number of aromatic nitrogens is 1. The number of benzene rings is 1. The third-order valence-corrected chi connectivity index (χ3v) is 5.03. The van der Waals surface area contributed by atoms with Crippen molar-refractivity contribution < 1.29 is 0 Å². The smallest absolute Gasteiger partial charge is 0.110 e. The largest absolute Gasteiger partial charge is 0.358 e. The number of hydrogen-bond donors (Lipinski definition) is 1. The summed E-state index contributed by atoms with van der Waals surface area (Å²) < 4.78 is 0. The maximum atomic E-state index is 9.28. The first kappa shape index (κ1) is 11.8. The molecular weight excluding hydrogens is 246 g/mol. The second kappa shape index (κ2) is 4.28. The van der Waals surface area contributed by atoms with E-state index in [4.69, 9.17) is 0 Å². The lowest BCUT2D eigenvalue weighted by molar-refractivity contribution is 0.475. The molecule has 3 aliphatic heterocycles. The normalized spacial score (nSPS) is 19.1. The van der Waals surface area contributed by atoms with Gasteiger partial charge in [-0.3, -0.25) is 0 Å². The van der Waals surface area contributed by atoms with Gasteiger partial charge in [-0.1, -0.05) is 13.0 Å². The van der Waals surface area contributed by atoms with E-state index in [-0.39, 0.29) is 5.92 Å². The highest BCUT2D eigenvalue weighted by Gasteiger charge is 2.33. The van der Waals surface area contributed by atoms with Crippen LogP contribution in [0, 0.1) is 11.3 Å². The molecule has 1 saturated heterocycles. The van der Waals surface area contributed by atoms with Crippen LogP contribution < -0.4 is 4.90 Å². The molecule has 1 N–H and O–H groups in total. The predicted octanol–water partition coefficient (Wildman–Crippen LogP) is 3.88. The summed E-state index contributed by atoms with van der Waals surface area (Å²) in [5.74, 6) is 2.07. The SMILES string of the molecule is CCC(C#N)c1ccc2[nH]c3c(c2c1)C1CCN3CC1. The number of nitriles is 1. The van der Waals surface area contributed by atoms with Crippen LogP contribution in [0.4, 0.5) is 5.82 Å². The van der Waals surface area contributed by atoms with E-state index in [0.29, 0.717) is 5.92 Å². The van der Waals surface area contributed by atoms with Crippen molar-refractivity contribution in [2.45, 2.75) is 38.0 Å². The van der Waals surface area contributed by atoms with Crippen LogP contribution in [-0.2, 0) is 0 Å². The van der Waals surface area contributed by atoms with Gasteiger partial charge in [-0.2, -0.15) is 5.26 Å². The first-order valence-corrected chi connectivity index (χ1v) is 7.62. The fraction of sp³-hybridized carbons (Fsp3) is 0.471. The van der Waals surface area contributed by atoms with E-state index in [0.717, 1.165) is 6.42 Å². The molecule has 2 bridgehead atoms. The van der Waals surface area contributed by atoms with Gasteiger partial charge in [0.1, 0.15) is 5.82 Å². The molecule has 3 heteroatoms. The molecule has 2 aromatic rings. The van der Waals surface area contributed by atoms with Gasteiger partial charge >= 0.3 is 0 Å². The van der Waals surface area contributed by atoms with Gasteiger partial charge in [-0.25, -0.2) is 0 Å². The molecule has 0 spiro atoms. The first-order chi connectivity index (χ1) is 9.81. The van der Waals surface area contributed by atoms with Crippen molar-refractivity contribution in [1.82, 2.24) is 4.98 Å². The summed E-state index contributed by atoms with van der Waals surface area (Å²) in [5.41, 5.74) is 3.90. The molecule has 0 radical (unpaired) electrons. The van der Waals surface area contributed by atoms with Crippen molar-refractivity contribution in [3.05, 3.63) is 29.3 Å². The first-order valence-electron chi connectivity index (χ1n) is 7.62. The van der Waals surface area contributed by atoms with Crippen molar-refractivity contribution in [3.63, 3.8) is 0 Å². The van der Waals surface area contributed by atoms with Gasteiger partial charge in [0.15, 0.2) is 0 Å². The summed E-state index contributed by atoms with van der Waals surface area (Å²) in [4.78, 5) is 6.08. The number of H-pyrrole nitrogens is 1. The van der Waals surface area contributed by atoms with Crippen LogP contribution in [0.3, 0.4) is 0 Å². The predicted molar refractivity (Wildman–Crippen MR) is 81.1 cm³/mol. The quantitative estimate of drug-likeness (QED) is 0.895. The lowest BCUT2D eigenvalue weighted by atomic mass is 9.83. The van der Waals surface area contributed by atoms with E-state index in [1.165, 1.54) is 53.8 Å². The molecule has 3 nitrogen and oxygen atoms in total. The number of hydrogen-bond acceptors (Lipinski definition) is 2. The minimum absolute atomic E-state index is 0.0195. The van der Waals surface area contributed by atoms with Gasteiger partial charge in [-0.05, 0) is 42.9 Å². The number of nitrogens with one attached hydrogen (secondary N) is 1. The molecule has 1 unspecified atom stereocenters. The average Bonchev–Trinajstić information content (AvgIpc) is 2.90. The molecule has 20 heavy (non-hydrogen) atoms. The van der Waals surface area contributed by atoms with Crippen LogP contribution in [0.15, 0.2) is 18.2 Å². The highest BCUT2D eigenvalue weighted by molar-refractivity contribution is 5.91. The Labute approximate surface area is 119 Å². The lowest BCUT2D eigenvalue weighted by Crippen LogP contribution is -2.38. The molecule has 3 aliphatic rings. The molecule has 1 aromatic heterocycles. The van der Waals surface area contributed by atoms with Gasteiger partial charge in [0.05, 0.1) is 12.0 Å². The molecule has 0 aliphatic carbocycles. The average molecular weight is 265 g/mol. The van der Waals surface area contributed by atoms with Gasteiger partial charge in [-0.15, -0.1) is 0 Å². The Morgan fingerprint density at radius 2 is 2.20 bits per heavy atom. The zero-order valence-corrected chi connectivity index (χ0v) is 11.8. The Balaban J connectivity index is 1.91. The number of rotatable bonds is 2.